The van der Waals surface area contributed by atoms with Gasteiger partial charge < -0.3 is 14.6 Å². The topological polar surface area (TPSA) is 83.8 Å². The molecule has 164 valence electrons. The lowest BCUT2D eigenvalue weighted by atomic mass is 10.0. The van der Waals surface area contributed by atoms with E-state index in [1.165, 1.54) is 12.1 Å². The molecule has 0 saturated carbocycles. The van der Waals surface area contributed by atoms with Gasteiger partial charge in [-0.3, -0.25) is 14.9 Å². The Bertz CT molecular complexity index is 1020. The molecule has 0 unspecified atom stereocenters. The maximum Gasteiger partial charge on any atom is 0.417 e. The first-order valence-electron chi connectivity index (χ1n) is 9.23. The van der Waals surface area contributed by atoms with Gasteiger partial charge in [0.05, 0.1) is 21.7 Å². The van der Waals surface area contributed by atoms with Crippen LogP contribution in [0.15, 0.2) is 36.4 Å². The minimum absolute atomic E-state index is 0.00829. The van der Waals surface area contributed by atoms with Crippen LogP contribution < -0.4 is 4.90 Å². The van der Waals surface area contributed by atoms with Gasteiger partial charge >= 0.3 is 6.18 Å². The van der Waals surface area contributed by atoms with Gasteiger partial charge in [-0.25, -0.2) is 4.39 Å². The number of benzene rings is 2. The van der Waals surface area contributed by atoms with Gasteiger partial charge in [-0.05, 0) is 23.8 Å². The summed E-state index contributed by atoms with van der Waals surface area (Å²) in [6.07, 6.45) is -4.12. The molecule has 1 aliphatic heterocycles. The first-order chi connectivity index (χ1) is 14.6. The van der Waals surface area contributed by atoms with E-state index < -0.39 is 39.6 Å². The predicted octanol–water partition coefficient (Wildman–Crippen LogP) is 3.46. The van der Waals surface area contributed by atoms with E-state index in [2.05, 4.69) is 0 Å². The Morgan fingerprint density at radius 1 is 1.10 bits per heavy atom. The number of rotatable bonds is 5. The molecule has 1 aliphatic rings. The molecular weight excluding hydrogens is 422 g/mol. The molecule has 1 amide bonds. The molecule has 0 radical (unpaired) electrons. The first kappa shape index (κ1) is 22.2. The van der Waals surface area contributed by atoms with Crippen LogP contribution in [-0.4, -0.2) is 48.2 Å². The average molecular weight is 439 g/mol. The van der Waals surface area contributed by atoms with Gasteiger partial charge in [-0.15, -0.1) is 0 Å². The quantitative estimate of drug-likeness (QED) is 0.308. The summed E-state index contributed by atoms with van der Waals surface area (Å²) in [6.45, 7) is 0.334. The lowest BCUT2D eigenvalue weighted by Gasteiger charge is -2.36. The van der Waals surface area contributed by atoms with E-state index in [1.807, 2.05) is 0 Å². The van der Waals surface area contributed by atoms with Crippen LogP contribution in [0.4, 0.5) is 28.9 Å². The SMILES string of the molecule is O=CCc1ccc(N2CCN(C(=O)c3cc([N+](=O)[O-])ccc3C(F)(F)F)CC2)c(F)c1. The van der Waals surface area contributed by atoms with Gasteiger partial charge in [0.1, 0.15) is 12.1 Å². The molecule has 0 spiro atoms. The summed E-state index contributed by atoms with van der Waals surface area (Å²) in [6, 6.07) is 6.20. The third kappa shape index (κ3) is 4.81. The molecular formula is C20H17F4N3O4. The lowest BCUT2D eigenvalue weighted by molar-refractivity contribution is -0.384. The molecule has 1 saturated heterocycles. The molecule has 0 bridgehead atoms. The summed E-state index contributed by atoms with van der Waals surface area (Å²) in [5, 5.41) is 10.9. The minimum Gasteiger partial charge on any atom is -0.366 e. The third-order valence-electron chi connectivity index (χ3n) is 4.99. The van der Waals surface area contributed by atoms with Crippen molar-refractivity contribution in [3.05, 3.63) is 69.0 Å². The van der Waals surface area contributed by atoms with Crippen LogP contribution in [0.3, 0.4) is 0 Å². The Labute approximate surface area is 174 Å². The highest BCUT2D eigenvalue weighted by molar-refractivity contribution is 5.96. The molecule has 2 aromatic carbocycles. The van der Waals surface area contributed by atoms with Gasteiger partial charge in [-0.2, -0.15) is 13.2 Å². The van der Waals surface area contributed by atoms with Crippen LogP contribution >= 0.6 is 0 Å². The zero-order valence-electron chi connectivity index (χ0n) is 16.1. The molecule has 0 N–H and O–H groups in total. The van der Waals surface area contributed by atoms with E-state index in [-0.39, 0.29) is 38.3 Å². The lowest BCUT2D eigenvalue weighted by Crippen LogP contribution is -2.49. The number of nitrogens with zero attached hydrogens (tertiary/aromatic N) is 3. The molecule has 3 rings (SSSR count). The third-order valence-corrected chi connectivity index (χ3v) is 4.99. The Hall–Kier alpha value is -3.50. The summed E-state index contributed by atoms with van der Waals surface area (Å²) in [5.41, 5.74) is -1.89. The molecule has 0 atom stereocenters. The number of carbonyl (C=O) groups excluding carboxylic acids is 2. The van der Waals surface area contributed by atoms with Crippen molar-refractivity contribution in [1.82, 2.24) is 4.90 Å². The van der Waals surface area contributed by atoms with Crippen LogP contribution in [0.25, 0.3) is 0 Å². The molecule has 0 aromatic heterocycles. The summed E-state index contributed by atoms with van der Waals surface area (Å²) < 4.78 is 54.3. The molecule has 31 heavy (non-hydrogen) atoms. The van der Waals surface area contributed by atoms with Crippen molar-refractivity contribution in [2.24, 2.45) is 0 Å². The van der Waals surface area contributed by atoms with Crippen LogP contribution in [0.5, 0.6) is 0 Å². The smallest absolute Gasteiger partial charge is 0.366 e. The number of non-ortho nitro benzene ring substituents is 1. The van der Waals surface area contributed by atoms with Crippen molar-refractivity contribution in [3.63, 3.8) is 0 Å². The summed E-state index contributed by atoms with van der Waals surface area (Å²) in [5.74, 6) is -1.52. The second-order valence-corrected chi connectivity index (χ2v) is 6.92. The zero-order valence-corrected chi connectivity index (χ0v) is 16.1. The minimum atomic E-state index is -4.85. The fraction of sp³-hybridized carbons (Fsp3) is 0.300. The number of carbonyl (C=O) groups is 2. The average Bonchev–Trinajstić information content (AvgIpc) is 2.72. The molecule has 0 aliphatic carbocycles. The number of alkyl halides is 3. The standard InChI is InChI=1S/C20H17F4N3O4/c21-17-11-13(5-10-28)1-4-18(17)25-6-8-26(9-7-25)19(29)15-12-14(27(30)31)2-3-16(15)20(22,23)24/h1-4,10-12H,5-9H2. The van der Waals surface area contributed by atoms with Crippen molar-refractivity contribution in [1.29, 1.82) is 0 Å². The Morgan fingerprint density at radius 2 is 1.77 bits per heavy atom. The van der Waals surface area contributed by atoms with E-state index in [9.17, 15) is 37.3 Å². The highest BCUT2D eigenvalue weighted by Crippen LogP contribution is 2.34. The van der Waals surface area contributed by atoms with E-state index >= 15 is 0 Å². The van der Waals surface area contributed by atoms with E-state index in [0.29, 0.717) is 30.0 Å². The van der Waals surface area contributed by atoms with E-state index in [1.54, 1.807) is 11.0 Å². The van der Waals surface area contributed by atoms with Crippen LogP contribution in [0.1, 0.15) is 21.5 Å². The highest BCUT2D eigenvalue weighted by Gasteiger charge is 2.38. The Morgan fingerprint density at radius 3 is 2.32 bits per heavy atom. The largest absolute Gasteiger partial charge is 0.417 e. The van der Waals surface area contributed by atoms with Gasteiger partial charge in [0, 0.05) is 44.7 Å². The molecule has 1 heterocycles. The predicted molar refractivity (Wildman–Crippen MR) is 102 cm³/mol. The number of hydrogen-bond acceptors (Lipinski definition) is 5. The van der Waals surface area contributed by atoms with Crippen molar-refractivity contribution < 1.29 is 32.1 Å². The number of hydrogen-bond donors (Lipinski definition) is 0. The highest BCUT2D eigenvalue weighted by atomic mass is 19.4. The van der Waals surface area contributed by atoms with Crippen molar-refractivity contribution in [2.45, 2.75) is 12.6 Å². The zero-order chi connectivity index (χ0) is 22.8. The first-order valence-corrected chi connectivity index (χ1v) is 9.23. The maximum absolute atomic E-state index is 14.4. The van der Waals surface area contributed by atoms with E-state index in [0.717, 1.165) is 4.90 Å². The second-order valence-electron chi connectivity index (χ2n) is 6.92. The number of piperazine rings is 1. The monoisotopic (exact) mass is 439 g/mol. The van der Waals surface area contributed by atoms with Crippen molar-refractivity contribution in [2.75, 3.05) is 31.1 Å². The molecule has 11 heteroatoms. The van der Waals surface area contributed by atoms with Crippen LogP contribution in [-0.2, 0) is 17.4 Å². The number of amides is 1. The number of nitro benzene ring substituents is 1. The molecule has 7 nitrogen and oxygen atoms in total. The van der Waals surface area contributed by atoms with Crippen LogP contribution in [0.2, 0.25) is 0 Å². The number of anilines is 1. The van der Waals surface area contributed by atoms with Gasteiger partial charge in [0.2, 0.25) is 0 Å². The van der Waals surface area contributed by atoms with Crippen molar-refractivity contribution in [3.8, 4) is 0 Å². The Kier molecular flexibility index (Phi) is 6.23. The molecule has 1 fully saturated rings. The van der Waals surface area contributed by atoms with E-state index in [4.69, 9.17) is 0 Å². The number of aldehydes is 1. The number of halogens is 4. The summed E-state index contributed by atoms with van der Waals surface area (Å²) >= 11 is 0. The summed E-state index contributed by atoms with van der Waals surface area (Å²) in [4.78, 5) is 36.2. The Balaban J connectivity index is 1.78. The van der Waals surface area contributed by atoms with Gasteiger partial charge in [0.15, 0.2) is 0 Å². The summed E-state index contributed by atoms with van der Waals surface area (Å²) in [7, 11) is 0. The van der Waals surface area contributed by atoms with Crippen molar-refractivity contribution >= 4 is 23.6 Å². The molecule has 2 aromatic rings. The van der Waals surface area contributed by atoms with Crippen LogP contribution in [0, 0.1) is 15.9 Å². The van der Waals surface area contributed by atoms with Gasteiger partial charge in [0.25, 0.3) is 11.6 Å². The fourth-order valence-corrected chi connectivity index (χ4v) is 3.42. The normalized spacial score (nSPS) is 14.5. The fourth-order valence-electron chi connectivity index (χ4n) is 3.42. The maximum atomic E-state index is 14.4. The number of nitro groups is 1. The van der Waals surface area contributed by atoms with Gasteiger partial charge in [-0.1, -0.05) is 6.07 Å². The second kappa shape index (κ2) is 8.70.